The van der Waals surface area contributed by atoms with Crippen molar-refractivity contribution in [3.63, 3.8) is 0 Å². The second-order valence-electron chi connectivity index (χ2n) is 2.62. The van der Waals surface area contributed by atoms with E-state index in [-0.39, 0.29) is 12.8 Å². The molecular weight excluding hydrogens is 186 g/mol. The van der Waals surface area contributed by atoms with Crippen molar-refractivity contribution < 1.29 is 23.3 Å². The zero-order valence-corrected chi connectivity index (χ0v) is 8.05. The predicted molar refractivity (Wildman–Crippen MR) is 42.4 cm³/mol. The molecule has 4 nitrogen and oxygen atoms in total. The fraction of sp³-hybridized carbons (Fsp3) is 1.00. The third-order valence-electron chi connectivity index (χ3n) is 1.76. The molecule has 74 valence electrons. The maximum absolute atomic E-state index is 13.3. The average Bonchev–Trinajstić information content (AvgIpc) is 1.99. The van der Waals surface area contributed by atoms with Gasteiger partial charge in [0.25, 0.3) is 0 Å². The number of phosphoric acid groups is 1. The van der Waals surface area contributed by atoms with Crippen molar-refractivity contribution in [2.75, 3.05) is 6.61 Å². The van der Waals surface area contributed by atoms with Crippen molar-refractivity contribution in [1.29, 1.82) is 0 Å². The highest BCUT2D eigenvalue weighted by Gasteiger charge is 2.29. The lowest BCUT2D eigenvalue weighted by Crippen LogP contribution is -2.26. The molecule has 0 unspecified atom stereocenters. The average molecular weight is 200 g/mol. The lowest BCUT2D eigenvalue weighted by molar-refractivity contribution is 0.0571. The Hall–Kier alpha value is 0.0400. The van der Waals surface area contributed by atoms with Gasteiger partial charge >= 0.3 is 7.82 Å². The Morgan fingerprint density at radius 3 is 2.08 bits per heavy atom. The van der Waals surface area contributed by atoms with Gasteiger partial charge in [0.1, 0.15) is 5.67 Å². The van der Waals surface area contributed by atoms with Crippen molar-refractivity contribution in [1.82, 2.24) is 0 Å². The zero-order chi connectivity index (χ0) is 9.83. The topological polar surface area (TPSA) is 66.8 Å². The molecule has 12 heavy (non-hydrogen) atoms. The fourth-order valence-corrected chi connectivity index (χ4v) is 1.05. The van der Waals surface area contributed by atoms with Crippen molar-refractivity contribution in [3.8, 4) is 0 Å². The van der Waals surface area contributed by atoms with Gasteiger partial charge < -0.3 is 9.79 Å². The molecule has 0 rings (SSSR count). The molecule has 0 aromatic heterocycles. The number of hydrogen-bond acceptors (Lipinski definition) is 2. The first kappa shape index (κ1) is 12.0. The molecule has 0 heterocycles. The van der Waals surface area contributed by atoms with Crippen LogP contribution >= 0.6 is 7.82 Å². The minimum Gasteiger partial charge on any atom is -0.303 e. The number of alkyl halides is 1. The second kappa shape index (κ2) is 4.33. The largest absolute Gasteiger partial charge is 0.469 e. The lowest BCUT2D eigenvalue weighted by atomic mass is 10.0. The summed E-state index contributed by atoms with van der Waals surface area (Å²) >= 11 is 0. The molecule has 0 fully saturated rings. The van der Waals surface area contributed by atoms with E-state index in [1.807, 2.05) is 0 Å². The summed E-state index contributed by atoms with van der Waals surface area (Å²) in [5.41, 5.74) is -1.62. The molecule has 0 saturated heterocycles. The molecule has 0 aliphatic rings. The van der Waals surface area contributed by atoms with Crippen LogP contribution in [-0.4, -0.2) is 22.1 Å². The molecule has 0 atom stereocenters. The third-order valence-corrected chi connectivity index (χ3v) is 2.22. The van der Waals surface area contributed by atoms with Gasteiger partial charge in [-0.1, -0.05) is 13.8 Å². The van der Waals surface area contributed by atoms with Crippen LogP contribution < -0.4 is 0 Å². The Labute approximate surface area is 71.0 Å². The first-order valence-electron chi connectivity index (χ1n) is 3.72. The van der Waals surface area contributed by atoms with Crippen LogP contribution in [-0.2, 0) is 9.09 Å². The summed E-state index contributed by atoms with van der Waals surface area (Å²) in [7, 11) is -4.53. The molecule has 0 amide bonds. The predicted octanol–water partition coefficient (Wildman–Crippen LogP) is 1.62. The van der Waals surface area contributed by atoms with Crippen LogP contribution in [0.1, 0.15) is 26.7 Å². The van der Waals surface area contributed by atoms with Gasteiger partial charge in [0, 0.05) is 0 Å². The van der Waals surface area contributed by atoms with Gasteiger partial charge in [0.15, 0.2) is 0 Å². The van der Waals surface area contributed by atoms with Gasteiger partial charge in [-0.25, -0.2) is 8.96 Å². The lowest BCUT2D eigenvalue weighted by Gasteiger charge is -2.21. The minimum absolute atomic E-state index is 0.184. The van der Waals surface area contributed by atoms with Crippen molar-refractivity contribution in [2.45, 2.75) is 32.4 Å². The molecule has 0 bridgehead atoms. The highest BCUT2D eigenvalue weighted by molar-refractivity contribution is 7.46. The van der Waals surface area contributed by atoms with E-state index in [4.69, 9.17) is 9.79 Å². The van der Waals surface area contributed by atoms with Gasteiger partial charge in [0.05, 0.1) is 6.61 Å². The van der Waals surface area contributed by atoms with Crippen LogP contribution in [0.2, 0.25) is 0 Å². The first-order chi connectivity index (χ1) is 5.33. The summed E-state index contributed by atoms with van der Waals surface area (Å²) in [6, 6.07) is 0. The Kier molecular flexibility index (Phi) is 4.34. The Morgan fingerprint density at radius 2 is 1.83 bits per heavy atom. The Bertz CT molecular complexity index is 174. The molecule has 0 saturated carbocycles. The smallest absolute Gasteiger partial charge is 0.303 e. The summed E-state index contributed by atoms with van der Waals surface area (Å²) in [5.74, 6) is 0. The summed E-state index contributed by atoms with van der Waals surface area (Å²) in [6.45, 7) is 2.66. The highest BCUT2D eigenvalue weighted by Crippen LogP contribution is 2.38. The summed E-state index contributed by atoms with van der Waals surface area (Å²) in [4.78, 5) is 16.6. The monoisotopic (exact) mass is 200 g/mol. The Morgan fingerprint density at radius 1 is 1.42 bits per heavy atom. The van der Waals surface area contributed by atoms with Gasteiger partial charge in [-0.05, 0) is 12.8 Å². The summed E-state index contributed by atoms with van der Waals surface area (Å²) in [6.07, 6.45) is 0.368. The second-order valence-corrected chi connectivity index (χ2v) is 3.86. The van der Waals surface area contributed by atoms with Crippen LogP contribution in [0.25, 0.3) is 0 Å². The molecule has 0 radical (unpaired) electrons. The molecule has 2 N–H and O–H groups in total. The highest BCUT2D eigenvalue weighted by atomic mass is 31.2. The summed E-state index contributed by atoms with van der Waals surface area (Å²) < 4.78 is 27.6. The van der Waals surface area contributed by atoms with Gasteiger partial charge in [-0.15, -0.1) is 0 Å². The number of rotatable bonds is 5. The van der Waals surface area contributed by atoms with Crippen LogP contribution in [0.4, 0.5) is 4.39 Å². The van der Waals surface area contributed by atoms with E-state index in [0.29, 0.717) is 0 Å². The van der Waals surface area contributed by atoms with Crippen molar-refractivity contribution >= 4 is 7.82 Å². The van der Waals surface area contributed by atoms with E-state index in [1.165, 1.54) is 0 Å². The first-order valence-corrected chi connectivity index (χ1v) is 5.25. The molecule has 0 aromatic carbocycles. The summed E-state index contributed by atoms with van der Waals surface area (Å²) in [5, 5.41) is 0. The normalized spacial score (nSPS) is 13.4. The zero-order valence-electron chi connectivity index (χ0n) is 7.16. The maximum Gasteiger partial charge on any atom is 0.469 e. The van der Waals surface area contributed by atoms with Gasteiger partial charge in [-0.2, -0.15) is 0 Å². The Balaban J connectivity index is 3.98. The SMILES string of the molecule is CCC(F)(CC)COP(=O)(O)O. The van der Waals surface area contributed by atoms with Crippen LogP contribution in [0, 0.1) is 0 Å². The molecule has 0 aliphatic heterocycles. The van der Waals surface area contributed by atoms with Crippen molar-refractivity contribution in [3.05, 3.63) is 0 Å². The molecule has 0 aromatic rings. The molecule has 0 aliphatic carbocycles. The number of halogens is 1. The third kappa shape index (κ3) is 4.83. The number of phosphoric ester groups is 1. The van der Waals surface area contributed by atoms with Crippen LogP contribution in [0.15, 0.2) is 0 Å². The number of hydrogen-bond donors (Lipinski definition) is 2. The minimum atomic E-state index is -4.53. The van der Waals surface area contributed by atoms with E-state index in [2.05, 4.69) is 4.52 Å². The van der Waals surface area contributed by atoms with E-state index < -0.39 is 20.1 Å². The molecule has 0 spiro atoms. The quantitative estimate of drug-likeness (QED) is 0.662. The standard InChI is InChI=1S/C6H14FO4P/c1-3-6(7,4-2)5-11-12(8,9)10/h3-5H2,1-2H3,(H2,8,9,10). The molecular formula is C6H14FO4P. The van der Waals surface area contributed by atoms with Gasteiger partial charge in [0.2, 0.25) is 0 Å². The van der Waals surface area contributed by atoms with E-state index >= 15 is 0 Å². The van der Waals surface area contributed by atoms with E-state index in [9.17, 15) is 8.96 Å². The van der Waals surface area contributed by atoms with Crippen LogP contribution in [0.3, 0.4) is 0 Å². The van der Waals surface area contributed by atoms with Crippen LogP contribution in [0.5, 0.6) is 0 Å². The van der Waals surface area contributed by atoms with E-state index in [1.54, 1.807) is 13.8 Å². The van der Waals surface area contributed by atoms with Gasteiger partial charge in [-0.3, -0.25) is 4.52 Å². The fourth-order valence-electron chi connectivity index (χ4n) is 0.654. The van der Waals surface area contributed by atoms with Crippen molar-refractivity contribution in [2.24, 2.45) is 0 Å². The maximum atomic E-state index is 13.3. The molecule has 6 heteroatoms. The van der Waals surface area contributed by atoms with E-state index in [0.717, 1.165) is 0 Å².